The molecule has 3 heterocycles. The molecule has 0 aliphatic carbocycles. The summed E-state index contributed by atoms with van der Waals surface area (Å²) in [5, 5.41) is 22.1. The lowest BCUT2D eigenvalue weighted by molar-refractivity contribution is 0.339. The average molecular weight is 342 g/mol. The number of pyridine rings is 1. The molecule has 3 aromatic rings. The fourth-order valence-corrected chi connectivity index (χ4v) is 3.06. The number of nitriles is 2. The number of rotatable bonds is 3. The summed E-state index contributed by atoms with van der Waals surface area (Å²) in [6.07, 6.45) is 3.95. The van der Waals surface area contributed by atoms with Crippen molar-refractivity contribution >= 4 is 0 Å². The highest BCUT2D eigenvalue weighted by Gasteiger charge is 2.29. The second-order valence-electron chi connectivity index (χ2n) is 6.01. The molecule has 26 heavy (non-hydrogen) atoms. The number of benzene rings is 1. The van der Waals surface area contributed by atoms with Crippen LogP contribution in [-0.4, -0.2) is 26.6 Å². The molecular weight excluding hydrogens is 328 g/mol. The summed E-state index contributed by atoms with van der Waals surface area (Å²) in [6.45, 7) is 0.720. The molecule has 1 aliphatic rings. The molecule has 2 aromatic heterocycles. The van der Waals surface area contributed by atoms with Gasteiger partial charge >= 0.3 is 0 Å². The van der Waals surface area contributed by atoms with E-state index in [0.717, 1.165) is 30.6 Å². The second kappa shape index (κ2) is 6.66. The maximum Gasteiger partial charge on any atom is 0.276 e. The van der Waals surface area contributed by atoms with Crippen molar-refractivity contribution in [3.05, 3.63) is 53.9 Å². The van der Waals surface area contributed by atoms with Crippen molar-refractivity contribution in [3.8, 4) is 35.1 Å². The monoisotopic (exact) mass is 342 g/mol. The molecule has 7 nitrogen and oxygen atoms in total. The van der Waals surface area contributed by atoms with Gasteiger partial charge in [-0.25, -0.2) is 4.98 Å². The Bertz CT molecular complexity index is 1010. The van der Waals surface area contributed by atoms with Crippen LogP contribution < -0.4 is 0 Å². The van der Waals surface area contributed by atoms with Gasteiger partial charge in [0.2, 0.25) is 0 Å². The summed E-state index contributed by atoms with van der Waals surface area (Å²) in [6, 6.07) is 14.8. The van der Waals surface area contributed by atoms with Gasteiger partial charge in [0.1, 0.15) is 11.7 Å². The normalized spacial score (nSPS) is 16.2. The number of aromatic nitrogens is 3. The standard InChI is InChI=1S/C19H14N6O/c20-11-13-6-8-14(9-7-13)15-3-1-4-16(22-15)19-23-18(24-26-19)17-5-2-10-25(17)12-21/h1,3-4,6-9,17H,2,5,10H2/t17-/m0/s1. The minimum atomic E-state index is -0.126. The Hall–Kier alpha value is -3.71. The van der Waals surface area contributed by atoms with E-state index >= 15 is 0 Å². The third-order valence-corrected chi connectivity index (χ3v) is 4.40. The van der Waals surface area contributed by atoms with Gasteiger partial charge in [-0.2, -0.15) is 15.5 Å². The zero-order valence-corrected chi connectivity index (χ0v) is 13.8. The van der Waals surface area contributed by atoms with Crippen LogP contribution in [0.3, 0.4) is 0 Å². The van der Waals surface area contributed by atoms with Crippen molar-refractivity contribution in [2.24, 2.45) is 0 Å². The lowest BCUT2D eigenvalue weighted by Crippen LogP contribution is -2.17. The molecule has 0 radical (unpaired) electrons. The van der Waals surface area contributed by atoms with Gasteiger partial charge in [0.25, 0.3) is 5.89 Å². The summed E-state index contributed by atoms with van der Waals surface area (Å²) < 4.78 is 5.38. The maximum absolute atomic E-state index is 9.18. The molecule has 126 valence electrons. The number of likely N-dealkylation sites (tertiary alicyclic amines) is 1. The van der Waals surface area contributed by atoms with Crippen LogP contribution in [0.15, 0.2) is 47.0 Å². The van der Waals surface area contributed by atoms with Crippen molar-refractivity contribution in [3.63, 3.8) is 0 Å². The molecule has 0 unspecified atom stereocenters. The molecule has 1 fully saturated rings. The largest absolute Gasteiger partial charge is 0.332 e. The van der Waals surface area contributed by atoms with Crippen LogP contribution >= 0.6 is 0 Å². The Morgan fingerprint density at radius 2 is 1.85 bits per heavy atom. The topological polar surface area (TPSA) is 103 Å². The molecule has 0 bridgehead atoms. The van der Waals surface area contributed by atoms with Gasteiger partial charge in [-0.3, -0.25) is 4.90 Å². The summed E-state index contributed by atoms with van der Waals surface area (Å²) in [5.74, 6) is 0.852. The van der Waals surface area contributed by atoms with E-state index in [0.29, 0.717) is 23.0 Å². The molecule has 0 spiro atoms. The molecule has 1 aromatic carbocycles. The fourth-order valence-electron chi connectivity index (χ4n) is 3.06. The van der Waals surface area contributed by atoms with Gasteiger partial charge in [-0.1, -0.05) is 23.4 Å². The van der Waals surface area contributed by atoms with Crippen LogP contribution in [0.25, 0.3) is 22.8 Å². The third kappa shape index (κ3) is 2.87. The smallest absolute Gasteiger partial charge is 0.276 e. The fraction of sp³-hybridized carbons (Fsp3) is 0.211. The highest BCUT2D eigenvalue weighted by Crippen LogP contribution is 2.30. The Kier molecular flexibility index (Phi) is 4.04. The van der Waals surface area contributed by atoms with Crippen LogP contribution in [0.2, 0.25) is 0 Å². The molecule has 1 saturated heterocycles. The highest BCUT2D eigenvalue weighted by molar-refractivity contribution is 5.63. The number of hydrogen-bond acceptors (Lipinski definition) is 7. The molecule has 0 saturated carbocycles. The van der Waals surface area contributed by atoms with Crippen molar-refractivity contribution in [2.45, 2.75) is 18.9 Å². The van der Waals surface area contributed by atoms with Crippen LogP contribution in [0, 0.1) is 22.8 Å². The van der Waals surface area contributed by atoms with E-state index in [1.807, 2.05) is 24.3 Å². The maximum atomic E-state index is 9.18. The summed E-state index contributed by atoms with van der Waals surface area (Å²) in [4.78, 5) is 10.7. The van der Waals surface area contributed by atoms with Crippen LogP contribution in [-0.2, 0) is 0 Å². The van der Waals surface area contributed by atoms with Gasteiger partial charge in [0.05, 0.1) is 17.3 Å². The van der Waals surface area contributed by atoms with Crippen molar-refractivity contribution < 1.29 is 4.52 Å². The lowest BCUT2D eigenvalue weighted by atomic mass is 10.1. The summed E-state index contributed by atoms with van der Waals surface area (Å²) in [7, 11) is 0. The number of hydrogen-bond donors (Lipinski definition) is 0. The quantitative estimate of drug-likeness (QED) is 0.673. The van der Waals surface area contributed by atoms with E-state index in [2.05, 4.69) is 27.4 Å². The van der Waals surface area contributed by atoms with Crippen molar-refractivity contribution in [1.29, 1.82) is 10.5 Å². The van der Waals surface area contributed by atoms with Gasteiger partial charge in [0.15, 0.2) is 12.0 Å². The lowest BCUT2D eigenvalue weighted by Gasteiger charge is -2.13. The van der Waals surface area contributed by atoms with Crippen LogP contribution in [0.5, 0.6) is 0 Å². The minimum Gasteiger partial charge on any atom is -0.332 e. The Morgan fingerprint density at radius 3 is 2.62 bits per heavy atom. The van der Waals surface area contributed by atoms with E-state index in [1.165, 1.54) is 0 Å². The van der Waals surface area contributed by atoms with E-state index in [-0.39, 0.29) is 6.04 Å². The Labute approximate surface area is 150 Å². The van der Waals surface area contributed by atoms with Crippen molar-refractivity contribution in [1.82, 2.24) is 20.0 Å². The van der Waals surface area contributed by atoms with Crippen molar-refractivity contribution in [2.75, 3.05) is 6.54 Å². The molecular formula is C19H14N6O. The SMILES string of the molecule is N#Cc1ccc(-c2cccc(-c3nc([C@@H]4CCCN4C#N)no3)n2)cc1. The number of nitrogens with zero attached hydrogens (tertiary/aromatic N) is 6. The van der Waals surface area contributed by atoms with Gasteiger partial charge < -0.3 is 4.52 Å². The van der Waals surface area contributed by atoms with Crippen LogP contribution in [0.4, 0.5) is 0 Å². The predicted octanol–water partition coefficient (Wildman–Crippen LogP) is 3.29. The average Bonchev–Trinajstić information content (AvgIpc) is 3.37. The molecule has 1 aliphatic heterocycles. The summed E-state index contributed by atoms with van der Waals surface area (Å²) in [5.41, 5.74) is 2.83. The zero-order valence-electron chi connectivity index (χ0n) is 13.8. The molecule has 4 rings (SSSR count). The third-order valence-electron chi connectivity index (χ3n) is 4.40. The Morgan fingerprint density at radius 1 is 1.04 bits per heavy atom. The van der Waals surface area contributed by atoms with E-state index in [1.54, 1.807) is 23.1 Å². The highest BCUT2D eigenvalue weighted by atomic mass is 16.5. The predicted molar refractivity (Wildman–Crippen MR) is 92.0 cm³/mol. The Balaban J connectivity index is 1.63. The second-order valence-corrected chi connectivity index (χ2v) is 6.01. The van der Waals surface area contributed by atoms with Gasteiger partial charge in [-0.15, -0.1) is 0 Å². The first-order chi connectivity index (χ1) is 12.8. The minimum absolute atomic E-state index is 0.126. The first-order valence-corrected chi connectivity index (χ1v) is 8.26. The van der Waals surface area contributed by atoms with Crippen LogP contribution in [0.1, 0.15) is 30.3 Å². The van der Waals surface area contributed by atoms with Gasteiger partial charge in [0, 0.05) is 12.1 Å². The molecule has 0 amide bonds. The van der Waals surface area contributed by atoms with Gasteiger partial charge in [-0.05, 0) is 37.1 Å². The molecule has 7 heteroatoms. The van der Waals surface area contributed by atoms with E-state index < -0.39 is 0 Å². The molecule has 1 atom stereocenters. The first-order valence-electron chi connectivity index (χ1n) is 8.26. The van der Waals surface area contributed by atoms with E-state index in [4.69, 9.17) is 9.78 Å². The zero-order chi connectivity index (χ0) is 17.9. The summed E-state index contributed by atoms with van der Waals surface area (Å²) >= 11 is 0. The first kappa shape index (κ1) is 15.8. The van der Waals surface area contributed by atoms with E-state index in [9.17, 15) is 5.26 Å². The molecule has 0 N–H and O–H groups in total.